The molecule has 0 aliphatic rings. The third-order valence-corrected chi connectivity index (χ3v) is 5.16. The Hall–Kier alpha value is -0.910. The molecule has 4 nitrogen and oxygen atoms in total. The molecule has 0 saturated carbocycles. The van der Waals surface area contributed by atoms with Crippen LogP contribution in [0.1, 0.15) is 45.6 Å². The average molecular weight is 298 g/mol. The van der Waals surface area contributed by atoms with Crippen molar-refractivity contribution in [2.75, 3.05) is 13.1 Å². The first-order valence-electron chi connectivity index (χ1n) is 7.29. The van der Waals surface area contributed by atoms with Gasteiger partial charge in [-0.2, -0.15) is 0 Å². The molecule has 0 bridgehead atoms. The molecule has 0 spiro atoms. The van der Waals surface area contributed by atoms with E-state index in [0.717, 1.165) is 18.5 Å². The van der Waals surface area contributed by atoms with Crippen molar-refractivity contribution in [1.29, 1.82) is 0 Å². The predicted molar refractivity (Wildman–Crippen MR) is 83.5 cm³/mol. The van der Waals surface area contributed by atoms with Crippen molar-refractivity contribution in [2.24, 2.45) is 0 Å². The first kappa shape index (κ1) is 17.1. The molecule has 1 rings (SSSR count). The fraction of sp³-hybridized carbons (Fsp3) is 0.600. The van der Waals surface area contributed by atoms with Crippen molar-refractivity contribution in [3.8, 4) is 0 Å². The van der Waals surface area contributed by atoms with Crippen LogP contribution in [0, 0.1) is 0 Å². The van der Waals surface area contributed by atoms with Gasteiger partial charge >= 0.3 is 0 Å². The van der Waals surface area contributed by atoms with E-state index in [1.807, 2.05) is 12.1 Å². The summed E-state index contributed by atoms with van der Waals surface area (Å²) in [4.78, 5) is 0.394. The molecular formula is C15H26N2O2S. The van der Waals surface area contributed by atoms with Gasteiger partial charge in [-0.25, -0.2) is 13.1 Å². The van der Waals surface area contributed by atoms with E-state index in [9.17, 15) is 8.42 Å². The number of rotatable bonds is 8. The highest BCUT2D eigenvalue weighted by Crippen LogP contribution is 2.27. The van der Waals surface area contributed by atoms with Crippen LogP contribution in [0.5, 0.6) is 0 Å². The zero-order chi connectivity index (χ0) is 15.2. The Labute approximate surface area is 123 Å². The van der Waals surface area contributed by atoms with Gasteiger partial charge in [-0.1, -0.05) is 45.9 Å². The zero-order valence-electron chi connectivity index (χ0n) is 12.8. The lowest BCUT2D eigenvalue weighted by Crippen LogP contribution is -2.34. The standard InChI is InChI=1S/C15H26N2O2S/c1-5-14(16-6-2)12(4)13-10-8-9-11-15(13)20(18,19)17-7-3/h8-12,14,16-17H,5-7H2,1-4H3. The molecule has 114 valence electrons. The van der Waals surface area contributed by atoms with Gasteiger partial charge in [-0.3, -0.25) is 0 Å². The van der Waals surface area contributed by atoms with Crippen LogP contribution in [-0.4, -0.2) is 27.5 Å². The smallest absolute Gasteiger partial charge is 0.240 e. The summed E-state index contributed by atoms with van der Waals surface area (Å²) in [6.45, 7) is 9.33. The van der Waals surface area contributed by atoms with Crippen molar-refractivity contribution < 1.29 is 8.42 Å². The molecule has 0 heterocycles. The van der Waals surface area contributed by atoms with Crippen LogP contribution in [0.3, 0.4) is 0 Å². The SMILES string of the molecule is CCNC(CC)C(C)c1ccccc1S(=O)(=O)NCC. The Kier molecular flexibility index (Phi) is 6.65. The zero-order valence-corrected chi connectivity index (χ0v) is 13.6. The van der Waals surface area contributed by atoms with Crippen molar-refractivity contribution >= 4 is 10.0 Å². The third-order valence-electron chi connectivity index (χ3n) is 3.54. The molecule has 0 aliphatic heterocycles. The number of benzene rings is 1. The molecule has 2 atom stereocenters. The van der Waals surface area contributed by atoms with Crippen LogP contribution >= 0.6 is 0 Å². The summed E-state index contributed by atoms with van der Waals surface area (Å²) < 4.78 is 27.2. The Bertz CT molecular complexity index is 514. The molecule has 0 saturated heterocycles. The van der Waals surface area contributed by atoms with Gasteiger partial charge in [-0.15, -0.1) is 0 Å². The van der Waals surface area contributed by atoms with Gasteiger partial charge in [-0.05, 0) is 30.5 Å². The van der Waals surface area contributed by atoms with E-state index in [1.54, 1.807) is 19.1 Å². The summed E-state index contributed by atoms with van der Waals surface area (Å²) in [6, 6.07) is 7.54. The van der Waals surface area contributed by atoms with Crippen molar-refractivity contribution in [3.63, 3.8) is 0 Å². The Morgan fingerprint density at radius 3 is 2.30 bits per heavy atom. The van der Waals surface area contributed by atoms with Gasteiger partial charge in [0.05, 0.1) is 4.90 Å². The van der Waals surface area contributed by atoms with Crippen LogP contribution in [0.25, 0.3) is 0 Å². The topological polar surface area (TPSA) is 58.2 Å². The molecule has 0 fully saturated rings. The second-order valence-corrected chi connectivity index (χ2v) is 6.64. The monoisotopic (exact) mass is 298 g/mol. The Morgan fingerprint density at radius 1 is 1.10 bits per heavy atom. The summed E-state index contributed by atoms with van der Waals surface area (Å²) in [5.74, 6) is 0.143. The Morgan fingerprint density at radius 2 is 1.75 bits per heavy atom. The molecule has 0 amide bonds. The lowest BCUT2D eigenvalue weighted by molar-refractivity contribution is 0.444. The second kappa shape index (κ2) is 7.76. The highest BCUT2D eigenvalue weighted by molar-refractivity contribution is 7.89. The van der Waals surface area contributed by atoms with Crippen LogP contribution in [0.2, 0.25) is 0 Å². The van der Waals surface area contributed by atoms with E-state index in [4.69, 9.17) is 0 Å². The number of sulfonamides is 1. The highest BCUT2D eigenvalue weighted by Gasteiger charge is 2.24. The molecular weight excluding hydrogens is 272 g/mol. The minimum absolute atomic E-state index is 0.143. The predicted octanol–water partition coefficient (Wildman–Crippen LogP) is 2.48. The largest absolute Gasteiger partial charge is 0.314 e. The van der Waals surface area contributed by atoms with Crippen molar-refractivity contribution in [1.82, 2.24) is 10.0 Å². The average Bonchev–Trinajstić information content (AvgIpc) is 2.44. The number of hydrogen-bond acceptors (Lipinski definition) is 3. The van der Waals surface area contributed by atoms with Gasteiger partial charge in [0, 0.05) is 12.6 Å². The second-order valence-electron chi connectivity index (χ2n) is 4.90. The van der Waals surface area contributed by atoms with Gasteiger partial charge < -0.3 is 5.32 Å². The molecule has 2 N–H and O–H groups in total. The maximum atomic E-state index is 12.3. The summed E-state index contributed by atoms with van der Waals surface area (Å²) >= 11 is 0. The molecule has 0 aromatic heterocycles. The highest BCUT2D eigenvalue weighted by atomic mass is 32.2. The van der Waals surface area contributed by atoms with Crippen LogP contribution in [0.15, 0.2) is 29.2 Å². The fourth-order valence-corrected chi connectivity index (χ4v) is 3.88. The van der Waals surface area contributed by atoms with Crippen LogP contribution < -0.4 is 10.0 Å². The van der Waals surface area contributed by atoms with E-state index in [2.05, 4.69) is 30.8 Å². The number of hydrogen-bond donors (Lipinski definition) is 2. The fourth-order valence-electron chi connectivity index (χ4n) is 2.52. The molecule has 1 aromatic carbocycles. The molecule has 20 heavy (non-hydrogen) atoms. The summed E-state index contributed by atoms with van der Waals surface area (Å²) in [6.07, 6.45) is 0.963. The lowest BCUT2D eigenvalue weighted by Gasteiger charge is -2.25. The summed E-state index contributed by atoms with van der Waals surface area (Å²) in [5.41, 5.74) is 0.876. The summed E-state index contributed by atoms with van der Waals surface area (Å²) in [7, 11) is -3.42. The molecule has 5 heteroatoms. The number of likely N-dealkylation sites (N-methyl/N-ethyl adjacent to an activating group) is 1. The van der Waals surface area contributed by atoms with E-state index in [0.29, 0.717) is 11.4 Å². The maximum Gasteiger partial charge on any atom is 0.240 e. The van der Waals surface area contributed by atoms with E-state index >= 15 is 0 Å². The quantitative estimate of drug-likeness (QED) is 0.775. The minimum atomic E-state index is -3.42. The lowest BCUT2D eigenvalue weighted by atomic mass is 9.91. The minimum Gasteiger partial charge on any atom is -0.314 e. The van der Waals surface area contributed by atoms with E-state index in [-0.39, 0.29) is 12.0 Å². The molecule has 2 unspecified atom stereocenters. The summed E-state index contributed by atoms with van der Waals surface area (Å²) in [5, 5.41) is 3.43. The van der Waals surface area contributed by atoms with E-state index in [1.165, 1.54) is 0 Å². The number of nitrogens with one attached hydrogen (secondary N) is 2. The van der Waals surface area contributed by atoms with Gasteiger partial charge in [0.25, 0.3) is 0 Å². The third kappa shape index (κ3) is 4.04. The van der Waals surface area contributed by atoms with Gasteiger partial charge in [0.2, 0.25) is 10.0 Å². The normalized spacial score (nSPS) is 15.0. The Balaban J connectivity index is 3.19. The van der Waals surface area contributed by atoms with E-state index < -0.39 is 10.0 Å². The van der Waals surface area contributed by atoms with Gasteiger partial charge in [0.1, 0.15) is 0 Å². The first-order chi connectivity index (χ1) is 9.47. The van der Waals surface area contributed by atoms with Crippen molar-refractivity contribution in [2.45, 2.75) is 51.0 Å². The molecule has 0 aliphatic carbocycles. The van der Waals surface area contributed by atoms with Crippen LogP contribution in [-0.2, 0) is 10.0 Å². The maximum absolute atomic E-state index is 12.3. The van der Waals surface area contributed by atoms with Crippen LogP contribution in [0.4, 0.5) is 0 Å². The molecule has 1 aromatic rings. The van der Waals surface area contributed by atoms with Crippen molar-refractivity contribution in [3.05, 3.63) is 29.8 Å². The van der Waals surface area contributed by atoms with Gasteiger partial charge in [0.15, 0.2) is 0 Å². The molecule has 0 radical (unpaired) electrons. The first-order valence-corrected chi connectivity index (χ1v) is 8.78.